The van der Waals surface area contributed by atoms with Gasteiger partial charge in [-0.3, -0.25) is 0 Å². The van der Waals surface area contributed by atoms with Crippen molar-refractivity contribution in [2.24, 2.45) is 0 Å². The lowest BCUT2D eigenvalue weighted by Crippen LogP contribution is -2.04. The maximum absolute atomic E-state index is 6.84. The standard InChI is InChI=1S/C50H34N2O2/c1-3-13-32(14-4-1)35-18-11-12-31(26-35)27-36-23-22-33-15-7-8-19-38(33)42-30-46-43(29-41(36)42)48-49(54-46)47(34-16-5-2-6-17-34)51-50(52-48)37-24-25-40-39-20-9-10-21-44(39)53-45(40)28-37/h1-21,24-26,28-30,36H,22-23,27H2. The summed E-state index contributed by atoms with van der Waals surface area (Å²) in [5, 5.41) is 3.19. The van der Waals surface area contributed by atoms with Gasteiger partial charge in [-0.15, -0.1) is 0 Å². The maximum atomic E-state index is 6.84. The molecule has 4 heteroatoms. The van der Waals surface area contributed by atoms with Crippen LogP contribution < -0.4 is 0 Å². The number of hydrogen-bond acceptors (Lipinski definition) is 4. The summed E-state index contributed by atoms with van der Waals surface area (Å²) in [6.07, 6.45) is 3.01. The largest absolute Gasteiger partial charge is 0.456 e. The fourth-order valence-electron chi connectivity index (χ4n) is 8.55. The van der Waals surface area contributed by atoms with E-state index in [1.807, 2.05) is 36.4 Å². The van der Waals surface area contributed by atoms with E-state index in [0.717, 1.165) is 74.5 Å². The summed E-state index contributed by atoms with van der Waals surface area (Å²) >= 11 is 0. The first-order valence-corrected chi connectivity index (χ1v) is 18.7. The molecule has 11 rings (SSSR count). The van der Waals surface area contributed by atoms with Crippen LogP contribution in [0.3, 0.4) is 0 Å². The van der Waals surface area contributed by atoms with Crippen molar-refractivity contribution in [1.82, 2.24) is 9.97 Å². The van der Waals surface area contributed by atoms with Crippen molar-refractivity contribution in [2.45, 2.75) is 25.2 Å². The van der Waals surface area contributed by atoms with Crippen molar-refractivity contribution in [3.63, 3.8) is 0 Å². The number of fused-ring (bicyclic) bond motifs is 9. The molecule has 1 aliphatic carbocycles. The smallest absolute Gasteiger partial charge is 0.180 e. The van der Waals surface area contributed by atoms with Gasteiger partial charge in [-0.2, -0.15) is 0 Å². The van der Waals surface area contributed by atoms with Gasteiger partial charge in [-0.25, -0.2) is 9.97 Å². The molecule has 4 nitrogen and oxygen atoms in total. The summed E-state index contributed by atoms with van der Waals surface area (Å²) in [6, 6.07) is 58.0. The van der Waals surface area contributed by atoms with E-state index in [0.29, 0.717) is 17.3 Å². The highest BCUT2D eigenvalue weighted by Gasteiger charge is 2.27. The van der Waals surface area contributed by atoms with Crippen LogP contribution in [0.4, 0.5) is 0 Å². The van der Waals surface area contributed by atoms with E-state index in [1.165, 1.54) is 38.9 Å². The lowest BCUT2D eigenvalue weighted by molar-refractivity contribution is 0.628. The fourth-order valence-corrected chi connectivity index (χ4v) is 8.55. The molecule has 0 bridgehead atoms. The van der Waals surface area contributed by atoms with Crippen LogP contribution in [-0.2, 0) is 12.8 Å². The summed E-state index contributed by atoms with van der Waals surface area (Å²) in [5.74, 6) is 0.944. The molecule has 0 radical (unpaired) electrons. The molecule has 1 atom stereocenters. The number of benzene rings is 7. The highest BCUT2D eigenvalue weighted by atomic mass is 16.3. The van der Waals surface area contributed by atoms with Crippen LogP contribution in [0.2, 0.25) is 0 Å². The molecule has 0 fully saturated rings. The molecule has 54 heavy (non-hydrogen) atoms. The molecule has 0 amide bonds. The van der Waals surface area contributed by atoms with Crippen LogP contribution in [-0.4, -0.2) is 9.97 Å². The predicted molar refractivity (Wildman–Crippen MR) is 220 cm³/mol. The Labute approximate surface area is 312 Å². The zero-order chi connectivity index (χ0) is 35.6. The van der Waals surface area contributed by atoms with E-state index >= 15 is 0 Å². The fraction of sp³-hybridized carbons (Fsp3) is 0.0800. The van der Waals surface area contributed by atoms with Gasteiger partial charge in [0, 0.05) is 27.3 Å². The second-order valence-electron chi connectivity index (χ2n) is 14.4. The Morgan fingerprint density at radius 3 is 2.13 bits per heavy atom. The van der Waals surface area contributed by atoms with E-state index < -0.39 is 0 Å². The van der Waals surface area contributed by atoms with Gasteiger partial charge in [0.05, 0.1) is 0 Å². The molecule has 3 heterocycles. The average molecular weight is 695 g/mol. The van der Waals surface area contributed by atoms with E-state index in [4.69, 9.17) is 18.8 Å². The van der Waals surface area contributed by atoms with Gasteiger partial charge in [0.1, 0.15) is 28.0 Å². The molecular formula is C50H34N2O2. The van der Waals surface area contributed by atoms with E-state index in [9.17, 15) is 0 Å². The lowest BCUT2D eigenvalue weighted by Gasteiger charge is -2.19. The second-order valence-corrected chi connectivity index (χ2v) is 14.4. The van der Waals surface area contributed by atoms with Crippen molar-refractivity contribution in [3.05, 3.63) is 180 Å². The average Bonchev–Trinajstić information content (AvgIpc) is 3.75. The number of aryl methyl sites for hydroxylation is 1. The lowest BCUT2D eigenvalue weighted by atomic mass is 9.85. The third kappa shape index (κ3) is 5.14. The molecule has 1 unspecified atom stereocenters. The Kier molecular flexibility index (Phi) is 7.09. The Balaban J connectivity index is 1.11. The first-order valence-electron chi connectivity index (χ1n) is 18.7. The van der Waals surface area contributed by atoms with Crippen molar-refractivity contribution in [1.29, 1.82) is 0 Å². The molecule has 10 aromatic rings. The molecule has 0 aliphatic heterocycles. The van der Waals surface area contributed by atoms with Crippen LogP contribution in [0.15, 0.2) is 173 Å². The van der Waals surface area contributed by atoms with Crippen LogP contribution in [0.5, 0.6) is 0 Å². The van der Waals surface area contributed by atoms with Gasteiger partial charge >= 0.3 is 0 Å². The summed E-state index contributed by atoms with van der Waals surface area (Å²) in [6.45, 7) is 0. The molecule has 1 aliphatic rings. The van der Waals surface area contributed by atoms with E-state index in [2.05, 4.69) is 127 Å². The van der Waals surface area contributed by atoms with Crippen molar-refractivity contribution in [3.8, 4) is 44.9 Å². The van der Waals surface area contributed by atoms with Crippen molar-refractivity contribution < 1.29 is 8.83 Å². The number of hydrogen-bond donors (Lipinski definition) is 0. The number of aromatic nitrogens is 2. The van der Waals surface area contributed by atoms with Gasteiger partial charge in [0.2, 0.25) is 0 Å². The minimum Gasteiger partial charge on any atom is -0.456 e. The number of rotatable bonds is 5. The zero-order valence-corrected chi connectivity index (χ0v) is 29.5. The van der Waals surface area contributed by atoms with Gasteiger partial charge < -0.3 is 8.83 Å². The SMILES string of the molecule is c1ccc(-c2cccc(CC3CCc4ccccc4-c4cc5oc6c(-c7ccccc7)nc(-c7ccc8c(c7)oc7ccccc78)nc6c5cc43)c2)cc1. The summed E-state index contributed by atoms with van der Waals surface area (Å²) in [4.78, 5) is 10.5. The third-order valence-electron chi connectivity index (χ3n) is 11.2. The van der Waals surface area contributed by atoms with Crippen molar-refractivity contribution in [2.75, 3.05) is 0 Å². The number of para-hydroxylation sites is 1. The molecule has 0 saturated heterocycles. The molecular weight excluding hydrogens is 661 g/mol. The van der Waals surface area contributed by atoms with Gasteiger partial charge in [-0.05, 0) is 94.5 Å². The first-order chi connectivity index (χ1) is 26.7. The summed E-state index contributed by atoms with van der Waals surface area (Å²) in [7, 11) is 0. The Hall–Kier alpha value is -6.78. The Bertz CT molecular complexity index is 3030. The van der Waals surface area contributed by atoms with E-state index in [1.54, 1.807) is 0 Å². The van der Waals surface area contributed by atoms with Crippen molar-refractivity contribution >= 4 is 44.0 Å². The van der Waals surface area contributed by atoms with Crippen LogP contribution in [0, 0.1) is 0 Å². The quantitative estimate of drug-likeness (QED) is 0.180. The van der Waals surface area contributed by atoms with E-state index in [-0.39, 0.29) is 0 Å². The van der Waals surface area contributed by atoms with Crippen LogP contribution >= 0.6 is 0 Å². The second kappa shape index (κ2) is 12.4. The van der Waals surface area contributed by atoms with Gasteiger partial charge in [0.25, 0.3) is 0 Å². The summed E-state index contributed by atoms with van der Waals surface area (Å²) < 4.78 is 13.1. The maximum Gasteiger partial charge on any atom is 0.180 e. The molecule has 0 spiro atoms. The third-order valence-corrected chi connectivity index (χ3v) is 11.2. The Morgan fingerprint density at radius 2 is 1.24 bits per heavy atom. The molecule has 0 saturated carbocycles. The first kappa shape index (κ1) is 30.8. The van der Waals surface area contributed by atoms with Crippen LogP contribution in [0.1, 0.15) is 29.0 Å². The highest BCUT2D eigenvalue weighted by Crippen LogP contribution is 2.45. The number of furan rings is 2. The molecule has 0 N–H and O–H groups in total. The minimum absolute atomic E-state index is 0.304. The molecule has 7 aromatic carbocycles. The summed E-state index contributed by atoms with van der Waals surface area (Å²) in [5.41, 5.74) is 15.8. The van der Waals surface area contributed by atoms with Crippen LogP contribution in [0.25, 0.3) is 88.9 Å². The molecule has 3 aromatic heterocycles. The predicted octanol–water partition coefficient (Wildman–Crippen LogP) is 13.2. The number of nitrogens with zero attached hydrogens (tertiary/aromatic N) is 2. The Morgan fingerprint density at radius 1 is 0.500 bits per heavy atom. The van der Waals surface area contributed by atoms with Gasteiger partial charge in [0.15, 0.2) is 11.4 Å². The highest BCUT2D eigenvalue weighted by molar-refractivity contribution is 6.09. The van der Waals surface area contributed by atoms with Gasteiger partial charge in [-0.1, -0.05) is 133 Å². The topological polar surface area (TPSA) is 52.1 Å². The monoisotopic (exact) mass is 694 g/mol. The zero-order valence-electron chi connectivity index (χ0n) is 29.5. The minimum atomic E-state index is 0.304. The normalized spacial score (nSPS) is 14.0. The molecule has 256 valence electrons.